The number of rotatable bonds is 4. The molecule has 0 radical (unpaired) electrons. The lowest BCUT2D eigenvalue weighted by Crippen LogP contribution is -2.59. The van der Waals surface area contributed by atoms with Crippen LogP contribution in [0.1, 0.15) is 42.1 Å². The number of aromatic carboxylic acids is 1. The second kappa shape index (κ2) is 5.76. The highest BCUT2D eigenvalue weighted by atomic mass is 19.1. The van der Waals surface area contributed by atoms with Crippen LogP contribution < -0.4 is 16.1 Å². The molecule has 3 N–H and O–H groups in total. The summed E-state index contributed by atoms with van der Waals surface area (Å²) in [5, 5.41) is 9.10. The molecule has 0 spiro atoms. The first kappa shape index (κ1) is 17.6. The minimum absolute atomic E-state index is 0.00468. The highest BCUT2D eigenvalue weighted by Crippen LogP contribution is 2.51. The summed E-state index contributed by atoms with van der Waals surface area (Å²) in [4.78, 5) is 25.7. The van der Waals surface area contributed by atoms with Crippen LogP contribution in [0.15, 0.2) is 17.1 Å². The molecule has 3 heterocycles. The van der Waals surface area contributed by atoms with Gasteiger partial charge in [-0.05, 0) is 44.2 Å². The predicted molar refractivity (Wildman–Crippen MR) is 99.8 cm³/mol. The van der Waals surface area contributed by atoms with E-state index in [0.717, 1.165) is 31.7 Å². The molecular formula is C20H21F2N3O3. The maximum absolute atomic E-state index is 15.6. The van der Waals surface area contributed by atoms with Gasteiger partial charge in [-0.15, -0.1) is 0 Å². The van der Waals surface area contributed by atoms with Crippen LogP contribution in [-0.4, -0.2) is 35.3 Å². The second-order valence-corrected chi connectivity index (χ2v) is 8.59. The van der Waals surface area contributed by atoms with Crippen molar-refractivity contribution in [3.63, 3.8) is 0 Å². The van der Waals surface area contributed by atoms with Gasteiger partial charge in [-0.25, -0.2) is 13.6 Å². The molecule has 4 aliphatic rings. The number of halogens is 2. The number of pyridine rings is 1. The van der Waals surface area contributed by atoms with Gasteiger partial charge in [0.1, 0.15) is 17.1 Å². The molecule has 2 aromatic rings. The van der Waals surface area contributed by atoms with Gasteiger partial charge in [-0.3, -0.25) is 4.79 Å². The van der Waals surface area contributed by atoms with Crippen LogP contribution in [0.2, 0.25) is 0 Å². The zero-order valence-electron chi connectivity index (χ0n) is 15.3. The molecule has 1 aromatic carbocycles. The molecule has 2 saturated heterocycles. The summed E-state index contributed by atoms with van der Waals surface area (Å²) in [5.74, 6) is -2.65. The Kier molecular flexibility index (Phi) is 3.62. The van der Waals surface area contributed by atoms with Crippen LogP contribution in [0.25, 0.3) is 10.9 Å². The van der Waals surface area contributed by atoms with Crippen molar-refractivity contribution in [1.29, 1.82) is 0 Å². The number of carboxylic acid groups (broad SMARTS) is 1. The number of benzene rings is 1. The molecule has 6 nitrogen and oxygen atoms in total. The number of piperidine rings is 2. The largest absolute Gasteiger partial charge is 0.477 e. The Bertz CT molecular complexity index is 1070. The molecule has 0 atom stereocenters. The zero-order valence-corrected chi connectivity index (χ0v) is 15.3. The van der Waals surface area contributed by atoms with Crippen molar-refractivity contribution in [2.24, 2.45) is 17.1 Å². The number of hydrogen-bond donors (Lipinski definition) is 2. The first-order valence-corrected chi connectivity index (χ1v) is 9.59. The molecule has 148 valence electrons. The van der Waals surface area contributed by atoms with E-state index in [1.54, 1.807) is 4.90 Å². The third-order valence-electron chi connectivity index (χ3n) is 6.55. The van der Waals surface area contributed by atoms with Crippen LogP contribution in [0.5, 0.6) is 0 Å². The summed E-state index contributed by atoms with van der Waals surface area (Å²) in [6.45, 7) is 1.52. The van der Waals surface area contributed by atoms with Gasteiger partial charge in [-0.1, -0.05) is 0 Å². The van der Waals surface area contributed by atoms with Crippen molar-refractivity contribution in [2.45, 2.75) is 31.7 Å². The zero-order chi connectivity index (χ0) is 19.8. The molecule has 8 heteroatoms. The molecule has 28 heavy (non-hydrogen) atoms. The van der Waals surface area contributed by atoms with E-state index in [4.69, 9.17) is 5.73 Å². The number of anilines is 1. The van der Waals surface area contributed by atoms with Gasteiger partial charge in [0.2, 0.25) is 5.43 Å². The average molecular weight is 389 g/mol. The number of nitrogens with zero attached hydrogens (tertiary/aromatic N) is 2. The van der Waals surface area contributed by atoms with Gasteiger partial charge >= 0.3 is 5.97 Å². The third-order valence-corrected chi connectivity index (χ3v) is 6.55. The molecule has 2 bridgehead atoms. The summed E-state index contributed by atoms with van der Waals surface area (Å²) in [5.41, 5.74) is 4.35. The SMILES string of the molecule is NCC12CC(CN(c3c(F)cc4c(=O)c(C(=O)O)cn(C5CC5)c4c3F)C1)C2. The Balaban J connectivity index is 1.72. The fourth-order valence-electron chi connectivity index (χ4n) is 5.12. The lowest BCUT2D eigenvalue weighted by atomic mass is 9.58. The average Bonchev–Trinajstić information content (AvgIpc) is 3.46. The molecule has 2 saturated carbocycles. The van der Waals surface area contributed by atoms with Crippen LogP contribution in [0, 0.1) is 23.0 Å². The Morgan fingerprint density at radius 2 is 2.04 bits per heavy atom. The Labute approximate surface area is 159 Å². The first-order valence-electron chi connectivity index (χ1n) is 9.59. The quantitative estimate of drug-likeness (QED) is 0.839. The lowest BCUT2D eigenvalue weighted by molar-refractivity contribution is 0.0401. The maximum atomic E-state index is 15.6. The van der Waals surface area contributed by atoms with Crippen molar-refractivity contribution in [3.8, 4) is 0 Å². The monoisotopic (exact) mass is 389 g/mol. The topological polar surface area (TPSA) is 88.6 Å². The number of carbonyl (C=O) groups is 1. The van der Waals surface area contributed by atoms with Gasteiger partial charge in [0.25, 0.3) is 0 Å². The minimum Gasteiger partial charge on any atom is -0.477 e. The van der Waals surface area contributed by atoms with E-state index >= 15 is 4.39 Å². The van der Waals surface area contributed by atoms with Crippen LogP contribution >= 0.6 is 0 Å². The molecule has 0 unspecified atom stereocenters. The molecule has 1 aromatic heterocycles. The highest BCUT2D eigenvalue weighted by molar-refractivity contribution is 5.94. The third kappa shape index (κ3) is 2.40. The van der Waals surface area contributed by atoms with Crippen molar-refractivity contribution in [3.05, 3.63) is 39.7 Å². The molecular weight excluding hydrogens is 368 g/mol. The number of carboxylic acids is 1. The number of aromatic nitrogens is 1. The molecule has 2 aliphatic carbocycles. The van der Waals surface area contributed by atoms with Crippen LogP contribution in [0.3, 0.4) is 0 Å². The Morgan fingerprint density at radius 3 is 2.64 bits per heavy atom. The second-order valence-electron chi connectivity index (χ2n) is 8.59. The van der Waals surface area contributed by atoms with E-state index in [1.807, 2.05) is 0 Å². The van der Waals surface area contributed by atoms with E-state index in [2.05, 4.69) is 0 Å². The van der Waals surface area contributed by atoms with Gasteiger partial charge < -0.3 is 20.3 Å². The smallest absolute Gasteiger partial charge is 0.341 e. The van der Waals surface area contributed by atoms with Gasteiger partial charge in [0, 0.05) is 30.7 Å². The first-order chi connectivity index (χ1) is 13.3. The summed E-state index contributed by atoms with van der Waals surface area (Å²) < 4.78 is 32.1. The summed E-state index contributed by atoms with van der Waals surface area (Å²) in [7, 11) is 0. The van der Waals surface area contributed by atoms with Crippen molar-refractivity contribution in [1.82, 2.24) is 4.57 Å². The van der Waals surface area contributed by atoms with E-state index < -0.39 is 28.6 Å². The van der Waals surface area contributed by atoms with Crippen molar-refractivity contribution >= 4 is 22.6 Å². The van der Waals surface area contributed by atoms with E-state index in [0.29, 0.717) is 25.6 Å². The van der Waals surface area contributed by atoms with Crippen LogP contribution in [-0.2, 0) is 0 Å². The van der Waals surface area contributed by atoms with E-state index in [-0.39, 0.29) is 28.0 Å². The number of nitrogens with two attached hydrogens (primary N) is 1. The van der Waals surface area contributed by atoms with Gasteiger partial charge in [0.05, 0.1) is 10.9 Å². The summed E-state index contributed by atoms with van der Waals surface area (Å²) in [6, 6.07) is 0.927. The summed E-state index contributed by atoms with van der Waals surface area (Å²) in [6.07, 6.45) is 4.69. The number of hydrogen-bond acceptors (Lipinski definition) is 4. The minimum atomic E-state index is -1.40. The highest BCUT2D eigenvalue weighted by Gasteiger charge is 2.50. The van der Waals surface area contributed by atoms with Crippen LogP contribution in [0.4, 0.5) is 14.5 Å². The van der Waals surface area contributed by atoms with Gasteiger partial charge in [0.15, 0.2) is 5.82 Å². The standard InChI is InChI=1S/C20H21F2N3O3/c21-14-3-12-16(25(11-1-2-11)7-13(18(12)26)19(27)28)15(22)17(14)24-6-10-4-20(5-10,8-23)9-24/h3,7,10-11H,1-2,4-6,8-9,23H2,(H,27,28). The fourth-order valence-corrected chi connectivity index (χ4v) is 5.12. The fraction of sp³-hybridized carbons (Fsp3) is 0.500. The lowest BCUT2D eigenvalue weighted by Gasteiger charge is -2.56. The molecule has 4 fully saturated rings. The maximum Gasteiger partial charge on any atom is 0.341 e. The van der Waals surface area contributed by atoms with E-state index in [9.17, 15) is 19.1 Å². The normalized spacial score (nSPS) is 26.4. The number of fused-ring (bicyclic) bond motifs is 3. The Hall–Kier alpha value is -2.48. The van der Waals surface area contributed by atoms with E-state index in [1.165, 1.54) is 10.8 Å². The van der Waals surface area contributed by atoms with Gasteiger partial charge in [-0.2, -0.15) is 0 Å². The predicted octanol–water partition coefficient (Wildman–Crippen LogP) is 2.49. The van der Waals surface area contributed by atoms with Crippen molar-refractivity contribution < 1.29 is 18.7 Å². The van der Waals surface area contributed by atoms with Crippen molar-refractivity contribution in [2.75, 3.05) is 24.5 Å². The molecule has 6 rings (SSSR count). The molecule has 2 aliphatic heterocycles. The Morgan fingerprint density at radius 1 is 1.32 bits per heavy atom. The summed E-state index contributed by atoms with van der Waals surface area (Å²) >= 11 is 0. The molecule has 0 amide bonds.